The average molecular weight is 236 g/mol. The van der Waals surface area contributed by atoms with Crippen molar-refractivity contribution in [2.75, 3.05) is 18.0 Å². The number of aromatic carboxylic acids is 1. The Bertz CT molecular complexity index is 547. The van der Waals surface area contributed by atoms with Crippen LogP contribution in [0.25, 0.3) is 11.1 Å². The lowest BCUT2D eigenvalue weighted by Gasteiger charge is -2.19. The monoisotopic (exact) mass is 236 g/mol. The van der Waals surface area contributed by atoms with Crippen LogP contribution in [0.3, 0.4) is 0 Å². The van der Waals surface area contributed by atoms with Gasteiger partial charge in [0, 0.05) is 13.1 Å². The maximum atomic E-state index is 11.0. The van der Waals surface area contributed by atoms with E-state index in [4.69, 9.17) is 9.63 Å². The van der Waals surface area contributed by atoms with Crippen LogP contribution in [0.1, 0.15) is 24.3 Å². The Hall–Kier alpha value is -2.18. The number of hydrogen-bond acceptors (Lipinski definition) is 6. The molecule has 7 nitrogen and oxygen atoms in total. The van der Waals surface area contributed by atoms with Gasteiger partial charge in [-0.15, -0.1) is 0 Å². The summed E-state index contributed by atoms with van der Waals surface area (Å²) in [6.45, 7) is 5.36. The number of aromatic nitrogens is 3. The second kappa shape index (κ2) is 4.36. The van der Waals surface area contributed by atoms with Gasteiger partial charge in [0.05, 0.1) is 0 Å². The van der Waals surface area contributed by atoms with Gasteiger partial charge >= 0.3 is 5.97 Å². The van der Waals surface area contributed by atoms with E-state index in [1.165, 1.54) is 6.33 Å². The molecule has 0 aliphatic carbocycles. The third-order valence-corrected chi connectivity index (χ3v) is 2.52. The number of anilines is 1. The van der Waals surface area contributed by atoms with Gasteiger partial charge in [0.15, 0.2) is 0 Å². The zero-order chi connectivity index (χ0) is 12.4. The molecule has 0 radical (unpaired) electrons. The molecule has 1 N–H and O–H groups in total. The summed E-state index contributed by atoms with van der Waals surface area (Å²) < 4.78 is 4.88. The van der Waals surface area contributed by atoms with Gasteiger partial charge in [0.25, 0.3) is 5.71 Å². The van der Waals surface area contributed by atoms with Crippen molar-refractivity contribution in [1.82, 2.24) is 15.1 Å². The van der Waals surface area contributed by atoms with E-state index >= 15 is 0 Å². The van der Waals surface area contributed by atoms with Gasteiger partial charge in [-0.3, -0.25) is 0 Å². The van der Waals surface area contributed by atoms with Crippen LogP contribution < -0.4 is 4.90 Å². The summed E-state index contributed by atoms with van der Waals surface area (Å²) in [6, 6.07) is 0. The average Bonchev–Trinajstić information content (AvgIpc) is 2.75. The van der Waals surface area contributed by atoms with E-state index in [0.29, 0.717) is 24.3 Å². The van der Waals surface area contributed by atoms with Crippen LogP contribution in [-0.2, 0) is 0 Å². The molecule has 0 aromatic carbocycles. The second-order valence-electron chi connectivity index (χ2n) is 3.39. The van der Waals surface area contributed by atoms with E-state index in [9.17, 15) is 4.79 Å². The van der Waals surface area contributed by atoms with Crippen molar-refractivity contribution in [3.05, 3.63) is 12.0 Å². The van der Waals surface area contributed by atoms with Crippen LogP contribution in [0.15, 0.2) is 10.9 Å². The number of fused-ring (bicyclic) bond motifs is 1. The zero-order valence-corrected chi connectivity index (χ0v) is 9.54. The molecule has 0 saturated heterocycles. The summed E-state index contributed by atoms with van der Waals surface area (Å²) in [5.74, 6) is -0.606. The SMILES string of the molecule is CCN(CC)c1ncnc2onc(C(=O)O)c12. The standard InChI is InChI=1S/C10H12N4O3/c1-3-14(4-2)8-6-7(10(15)16)13-17-9(6)12-5-11-8/h5H,3-4H2,1-2H3,(H,15,16). The lowest BCUT2D eigenvalue weighted by molar-refractivity contribution is 0.0688. The van der Waals surface area contributed by atoms with Crippen molar-refractivity contribution in [2.24, 2.45) is 0 Å². The van der Waals surface area contributed by atoms with E-state index < -0.39 is 5.97 Å². The molecule has 0 spiro atoms. The molecular weight excluding hydrogens is 224 g/mol. The molecule has 0 fully saturated rings. The van der Waals surface area contributed by atoms with Crippen molar-refractivity contribution < 1.29 is 14.4 Å². The number of nitrogens with zero attached hydrogens (tertiary/aromatic N) is 4. The molecule has 0 amide bonds. The Balaban J connectivity index is 2.69. The van der Waals surface area contributed by atoms with Crippen LogP contribution in [0.5, 0.6) is 0 Å². The fourth-order valence-electron chi connectivity index (χ4n) is 1.68. The number of hydrogen-bond donors (Lipinski definition) is 1. The Morgan fingerprint density at radius 2 is 2.12 bits per heavy atom. The molecule has 2 heterocycles. The molecule has 2 aromatic rings. The van der Waals surface area contributed by atoms with Gasteiger partial charge < -0.3 is 14.5 Å². The first-order chi connectivity index (χ1) is 8.19. The smallest absolute Gasteiger partial charge is 0.358 e. The highest BCUT2D eigenvalue weighted by Gasteiger charge is 2.22. The minimum atomic E-state index is -1.15. The van der Waals surface area contributed by atoms with Gasteiger partial charge in [-0.25, -0.2) is 9.78 Å². The molecule has 0 unspecified atom stereocenters. The van der Waals surface area contributed by atoms with Gasteiger partial charge in [-0.1, -0.05) is 5.16 Å². The third-order valence-electron chi connectivity index (χ3n) is 2.52. The summed E-state index contributed by atoms with van der Waals surface area (Å²) in [6.07, 6.45) is 1.34. The summed E-state index contributed by atoms with van der Waals surface area (Å²) in [4.78, 5) is 20.9. The second-order valence-corrected chi connectivity index (χ2v) is 3.39. The molecule has 0 saturated carbocycles. The topological polar surface area (TPSA) is 92.4 Å². The van der Waals surface area contributed by atoms with Gasteiger partial charge in [0.2, 0.25) is 5.69 Å². The molecule has 90 valence electrons. The highest BCUT2D eigenvalue weighted by atomic mass is 16.5. The molecule has 17 heavy (non-hydrogen) atoms. The van der Waals surface area contributed by atoms with Crippen molar-refractivity contribution in [1.29, 1.82) is 0 Å². The molecule has 0 aliphatic heterocycles. The largest absolute Gasteiger partial charge is 0.476 e. The number of rotatable bonds is 4. The van der Waals surface area contributed by atoms with Crippen LogP contribution >= 0.6 is 0 Å². The minimum Gasteiger partial charge on any atom is -0.476 e. The Morgan fingerprint density at radius 1 is 1.41 bits per heavy atom. The van der Waals surface area contributed by atoms with Crippen molar-refractivity contribution >= 4 is 22.9 Å². The lowest BCUT2D eigenvalue weighted by Crippen LogP contribution is -2.23. The quantitative estimate of drug-likeness (QED) is 0.851. The summed E-state index contributed by atoms with van der Waals surface area (Å²) in [7, 11) is 0. The first-order valence-corrected chi connectivity index (χ1v) is 5.27. The van der Waals surface area contributed by atoms with Crippen LogP contribution in [0.4, 0.5) is 5.82 Å². The molecular formula is C10H12N4O3. The highest BCUT2D eigenvalue weighted by molar-refractivity contribution is 6.03. The number of carbonyl (C=O) groups is 1. The predicted molar refractivity (Wildman–Crippen MR) is 60.1 cm³/mol. The summed E-state index contributed by atoms with van der Waals surface area (Å²) in [5.41, 5.74) is 0.0433. The fourth-order valence-corrected chi connectivity index (χ4v) is 1.68. The normalized spacial score (nSPS) is 10.7. The third kappa shape index (κ3) is 1.79. The van der Waals surface area contributed by atoms with E-state index in [1.54, 1.807) is 0 Å². The molecule has 2 rings (SSSR count). The zero-order valence-electron chi connectivity index (χ0n) is 9.54. The highest BCUT2D eigenvalue weighted by Crippen LogP contribution is 2.25. The van der Waals surface area contributed by atoms with E-state index in [1.807, 2.05) is 18.7 Å². The Kier molecular flexibility index (Phi) is 2.90. The minimum absolute atomic E-state index is 0.150. The first-order valence-electron chi connectivity index (χ1n) is 5.27. The van der Waals surface area contributed by atoms with Crippen LogP contribution in [0, 0.1) is 0 Å². The van der Waals surface area contributed by atoms with Gasteiger partial charge in [-0.2, -0.15) is 4.98 Å². The number of carboxylic acids is 1. The maximum Gasteiger partial charge on any atom is 0.358 e. The fraction of sp³-hybridized carbons (Fsp3) is 0.400. The summed E-state index contributed by atoms with van der Waals surface area (Å²) in [5, 5.41) is 12.9. The van der Waals surface area contributed by atoms with Gasteiger partial charge in [-0.05, 0) is 13.8 Å². The molecule has 2 aromatic heterocycles. The van der Waals surface area contributed by atoms with Crippen LogP contribution in [-0.4, -0.2) is 39.3 Å². The molecule has 0 atom stereocenters. The van der Waals surface area contributed by atoms with E-state index in [0.717, 1.165) is 0 Å². The Labute approximate surface area is 97.1 Å². The van der Waals surface area contributed by atoms with E-state index in [-0.39, 0.29) is 11.4 Å². The molecule has 0 aliphatic rings. The first kappa shape index (κ1) is 11.3. The van der Waals surface area contributed by atoms with Crippen LogP contribution in [0.2, 0.25) is 0 Å². The van der Waals surface area contributed by atoms with Crippen molar-refractivity contribution in [3.8, 4) is 0 Å². The predicted octanol–water partition coefficient (Wildman–Crippen LogP) is 1.16. The van der Waals surface area contributed by atoms with Crippen molar-refractivity contribution in [3.63, 3.8) is 0 Å². The molecule has 7 heteroatoms. The number of carboxylic acid groups (broad SMARTS) is 1. The lowest BCUT2D eigenvalue weighted by atomic mass is 10.2. The Morgan fingerprint density at radius 3 is 2.71 bits per heavy atom. The van der Waals surface area contributed by atoms with E-state index in [2.05, 4.69) is 15.1 Å². The molecule has 0 bridgehead atoms. The van der Waals surface area contributed by atoms with Crippen molar-refractivity contribution in [2.45, 2.75) is 13.8 Å². The maximum absolute atomic E-state index is 11.0. The van der Waals surface area contributed by atoms with Gasteiger partial charge in [0.1, 0.15) is 17.5 Å². The summed E-state index contributed by atoms with van der Waals surface area (Å²) >= 11 is 0.